The zero-order valence-corrected chi connectivity index (χ0v) is 12.8. The van der Waals surface area contributed by atoms with Gasteiger partial charge in [0.25, 0.3) is 5.91 Å². The van der Waals surface area contributed by atoms with E-state index in [9.17, 15) is 4.79 Å². The number of ether oxygens (including phenoxy) is 1. The third-order valence-corrected chi connectivity index (χ3v) is 3.18. The van der Waals surface area contributed by atoms with Gasteiger partial charge in [-0.25, -0.2) is 0 Å². The van der Waals surface area contributed by atoms with Gasteiger partial charge < -0.3 is 14.7 Å². The first-order valence-corrected chi connectivity index (χ1v) is 7.09. The maximum atomic E-state index is 12.1. The van der Waals surface area contributed by atoms with Crippen molar-refractivity contribution >= 4 is 5.91 Å². The molecule has 0 saturated heterocycles. The molecular formula is C16H25NO3. The van der Waals surface area contributed by atoms with Crippen molar-refractivity contribution in [2.45, 2.75) is 39.7 Å². The average Bonchev–Trinajstić information content (AvgIpc) is 2.42. The standard InChI is InChI=1S/C16H25NO3/c1-12(2)14-7-5-6-8-15(14)20-11-16(19)17(9-10-18)13(3)4/h5-8,12-13,18H,9-11H2,1-4H3. The van der Waals surface area contributed by atoms with Gasteiger partial charge in [-0.05, 0) is 31.4 Å². The monoisotopic (exact) mass is 279 g/mol. The lowest BCUT2D eigenvalue weighted by molar-refractivity contribution is -0.135. The fourth-order valence-corrected chi connectivity index (χ4v) is 2.09. The third-order valence-electron chi connectivity index (χ3n) is 3.18. The topological polar surface area (TPSA) is 49.8 Å². The normalized spacial score (nSPS) is 10.9. The van der Waals surface area contributed by atoms with Crippen molar-refractivity contribution in [1.82, 2.24) is 4.90 Å². The lowest BCUT2D eigenvalue weighted by Gasteiger charge is -2.26. The van der Waals surface area contributed by atoms with Crippen LogP contribution in [-0.2, 0) is 4.79 Å². The lowest BCUT2D eigenvalue weighted by Crippen LogP contribution is -2.41. The van der Waals surface area contributed by atoms with Gasteiger partial charge in [0.15, 0.2) is 6.61 Å². The maximum Gasteiger partial charge on any atom is 0.260 e. The van der Waals surface area contributed by atoms with E-state index in [2.05, 4.69) is 13.8 Å². The highest BCUT2D eigenvalue weighted by Gasteiger charge is 2.17. The number of aliphatic hydroxyl groups excluding tert-OH is 1. The summed E-state index contributed by atoms with van der Waals surface area (Å²) in [7, 11) is 0. The summed E-state index contributed by atoms with van der Waals surface area (Å²) in [5.41, 5.74) is 1.10. The highest BCUT2D eigenvalue weighted by Crippen LogP contribution is 2.25. The number of benzene rings is 1. The first-order valence-electron chi connectivity index (χ1n) is 7.09. The highest BCUT2D eigenvalue weighted by atomic mass is 16.5. The summed E-state index contributed by atoms with van der Waals surface area (Å²) in [5, 5.41) is 9.00. The van der Waals surface area contributed by atoms with Crippen LogP contribution in [0.1, 0.15) is 39.2 Å². The fraction of sp³-hybridized carbons (Fsp3) is 0.562. The van der Waals surface area contributed by atoms with Crippen LogP contribution >= 0.6 is 0 Å². The van der Waals surface area contributed by atoms with Crippen LogP contribution in [0.25, 0.3) is 0 Å². The molecule has 0 aromatic heterocycles. The molecule has 0 aliphatic rings. The predicted octanol–water partition coefficient (Wildman–Crippen LogP) is 2.42. The molecule has 0 fully saturated rings. The minimum atomic E-state index is -0.104. The molecule has 0 atom stereocenters. The summed E-state index contributed by atoms with van der Waals surface area (Å²) >= 11 is 0. The summed E-state index contributed by atoms with van der Waals surface area (Å²) in [6.45, 7) is 8.34. The molecule has 0 saturated carbocycles. The summed E-state index contributed by atoms with van der Waals surface area (Å²) in [5.74, 6) is 0.996. The Bertz CT molecular complexity index is 429. The maximum absolute atomic E-state index is 12.1. The number of amides is 1. The van der Waals surface area contributed by atoms with E-state index in [1.807, 2.05) is 38.1 Å². The van der Waals surface area contributed by atoms with Gasteiger partial charge in [0, 0.05) is 12.6 Å². The van der Waals surface area contributed by atoms with Crippen molar-refractivity contribution in [2.75, 3.05) is 19.8 Å². The van der Waals surface area contributed by atoms with E-state index in [1.54, 1.807) is 4.90 Å². The molecule has 112 valence electrons. The van der Waals surface area contributed by atoms with Gasteiger partial charge in [-0.1, -0.05) is 32.0 Å². The van der Waals surface area contributed by atoms with Crippen LogP contribution in [0.3, 0.4) is 0 Å². The lowest BCUT2D eigenvalue weighted by atomic mass is 10.0. The van der Waals surface area contributed by atoms with Crippen molar-refractivity contribution in [3.8, 4) is 5.75 Å². The van der Waals surface area contributed by atoms with Crippen LogP contribution in [0.5, 0.6) is 5.75 Å². The van der Waals surface area contributed by atoms with E-state index in [0.717, 1.165) is 11.3 Å². The molecule has 0 aliphatic carbocycles. The van der Waals surface area contributed by atoms with Crippen molar-refractivity contribution < 1.29 is 14.6 Å². The van der Waals surface area contributed by atoms with E-state index < -0.39 is 0 Å². The molecule has 1 N–H and O–H groups in total. The number of rotatable bonds is 7. The van der Waals surface area contributed by atoms with Gasteiger partial charge in [0.05, 0.1) is 6.61 Å². The molecule has 0 bridgehead atoms. The Labute approximate surface area is 121 Å². The average molecular weight is 279 g/mol. The van der Waals surface area contributed by atoms with Crippen LogP contribution < -0.4 is 4.74 Å². The van der Waals surface area contributed by atoms with Gasteiger partial charge in [-0.15, -0.1) is 0 Å². The quantitative estimate of drug-likeness (QED) is 0.834. The third kappa shape index (κ3) is 4.53. The molecule has 1 amide bonds. The second kappa shape index (κ2) is 7.90. The van der Waals surface area contributed by atoms with Crippen LogP contribution in [-0.4, -0.2) is 41.7 Å². The Morgan fingerprint density at radius 2 is 1.90 bits per heavy atom. The van der Waals surface area contributed by atoms with Crippen LogP contribution in [0.4, 0.5) is 0 Å². The Morgan fingerprint density at radius 1 is 1.25 bits per heavy atom. The van der Waals surface area contributed by atoms with E-state index in [-0.39, 0.29) is 25.2 Å². The van der Waals surface area contributed by atoms with Crippen molar-refractivity contribution in [3.05, 3.63) is 29.8 Å². The minimum absolute atomic E-state index is 0.00190. The Balaban J connectivity index is 2.69. The van der Waals surface area contributed by atoms with Crippen molar-refractivity contribution in [3.63, 3.8) is 0 Å². The molecule has 1 rings (SSSR count). The largest absolute Gasteiger partial charge is 0.483 e. The van der Waals surface area contributed by atoms with Crippen LogP contribution in [0.2, 0.25) is 0 Å². The number of aliphatic hydroxyl groups is 1. The number of para-hydroxylation sites is 1. The molecule has 0 spiro atoms. The van der Waals surface area contributed by atoms with Gasteiger partial charge in [-0.3, -0.25) is 4.79 Å². The SMILES string of the molecule is CC(C)c1ccccc1OCC(=O)N(CCO)C(C)C. The summed E-state index contributed by atoms with van der Waals surface area (Å²) < 4.78 is 5.66. The zero-order valence-electron chi connectivity index (χ0n) is 12.8. The number of hydrogen-bond donors (Lipinski definition) is 1. The Hall–Kier alpha value is -1.55. The molecule has 0 aliphatic heterocycles. The van der Waals surface area contributed by atoms with Crippen molar-refractivity contribution in [1.29, 1.82) is 0 Å². The van der Waals surface area contributed by atoms with E-state index in [0.29, 0.717) is 12.5 Å². The predicted molar refractivity (Wildman–Crippen MR) is 80.0 cm³/mol. The molecular weight excluding hydrogens is 254 g/mol. The van der Waals surface area contributed by atoms with Crippen LogP contribution in [0.15, 0.2) is 24.3 Å². The van der Waals surface area contributed by atoms with Crippen LogP contribution in [0, 0.1) is 0 Å². The molecule has 1 aromatic rings. The van der Waals surface area contributed by atoms with E-state index >= 15 is 0 Å². The summed E-state index contributed by atoms with van der Waals surface area (Å²) in [4.78, 5) is 13.7. The van der Waals surface area contributed by atoms with Gasteiger partial charge in [0.2, 0.25) is 0 Å². The molecule has 20 heavy (non-hydrogen) atoms. The molecule has 0 radical (unpaired) electrons. The fourth-order valence-electron chi connectivity index (χ4n) is 2.09. The number of carbonyl (C=O) groups excluding carboxylic acids is 1. The zero-order chi connectivity index (χ0) is 15.1. The molecule has 0 heterocycles. The number of carbonyl (C=O) groups is 1. The number of nitrogens with zero attached hydrogens (tertiary/aromatic N) is 1. The van der Waals surface area contributed by atoms with Gasteiger partial charge in [0.1, 0.15) is 5.75 Å². The molecule has 4 nitrogen and oxygen atoms in total. The molecule has 1 aromatic carbocycles. The summed E-state index contributed by atoms with van der Waals surface area (Å²) in [6, 6.07) is 7.82. The van der Waals surface area contributed by atoms with Gasteiger partial charge >= 0.3 is 0 Å². The summed E-state index contributed by atoms with van der Waals surface area (Å²) in [6.07, 6.45) is 0. The molecule has 4 heteroatoms. The van der Waals surface area contributed by atoms with Gasteiger partial charge in [-0.2, -0.15) is 0 Å². The first kappa shape index (κ1) is 16.5. The Morgan fingerprint density at radius 3 is 2.45 bits per heavy atom. The first-order chi connectivity index (χ1) is 9.47. The molecule has 0 unspecified atom stereocenters. The smallest absolute Gasteiger partial charge is 0.260 e. The Kier molecular flexibility index (Phi) is 6.52. The number of hydrogen-bond acceptors (Lipinski definition) is 3. The second-order valence-corrected chi connectivity index (χ2v) is 5.39. The van der Waals surface area contributed by atoms with E-state index in [1.165, 1.54) is 0 Å². The van der Waals surface area contributed by atoms with E-state index in [4.69, 9.17) is 9.84 Å². The second-order valence-electron chi connectivity index (χ2n) is 5.39. The van der Waals surface area contributed by atoms with Crippen molar-refractivity contribution in [2.24, 2.45) is 0 Å². The highest BCUT2D eigenvalue weighted by molar-refractivity contribution is 5.78. The minimum Gasteiger partial charge on any atom is -0.483 e.